The highest BCUT2D eigenvalue weighted by molar-refractivity contribution is 6.34. The van der Waals surface area contributed by atoms with Gasteiger partial charge in [0, 0.05) is 55.2 Å². The lowest BCUT2D eigenvalue weighted by molar-refractivity contribution is -0.122. The molecule has 2 saturated heterocycles. The summed E-state index contributed by atoms with van der Waals surface area (Å²) in [6.45, 7) is 4.23. The van der Waals surface area contributed by atoms with E-state index < -0.39 is 0 Å². The predicted octanol–water partition coefficient (Wildman–Crippen LogP) is 3.03. The molecule has 1 saturated carbocycles. The van der Waals surface area contributed by atoms with Crippen LogP contribution in [0, 0.1) is 17.8 Å². The minimum absolute atomic E-state index is 0.0573. The summed E-state index contributed by atoms with van der Waals surface area (Å²) in [5.74, 6) is 2.11. The second-order valence-corrected chi connectivity index (χ2v) is 9.62. The van der Waals surface area contributed by atoms with Gasteiger partial charge in [-0.3, -0.25) is 14.5 Å². The summed E-state index contributed by atoms with van der Waals surface area (Å²) in [4.78, 5) is 30.3. The van der Waals surface area contributed by atoms with Crippen molar-refractivity contribution in [3.63, 3.8) is 0 Å². The van der Waals surface area contributed by atoms with Gasteiger partial charge in [-0.25, -0.2) is 0 Å². The number of hydrogen-bond acceptors (Lipinski definition) is 3. The van der Waals surface area contributed by atoms with E-state index in [1.165, 1.54) is 30.6 Å². The van der Waals surface area contributed by atoms with E-state index in [1.807, 2.05) is 12.1 Å². The molecule has 3 fully saturated rings. The normalized spacial score (nSPS) is 28.0. The SMILES string of the molecule is O=C1Nc2ccc(CCC3CCNC3=O)cc2C1=Cc1cc(CN2C[C@H]3C[C@H]3C2)c[nH]1. The van der Waals surface area contributed by atoms with E-state index in [-0.39, 0.29) is 17.7 Å². The smallest absolute Gasteiger partial charge is 0.256 e. The molecule has 160 valence electrons. The number of aromatic amines is 1. The van der Waals surface area contributed by atoms with Gasteiger partial charge in [0.2, 0.25) is 5.91 Å². The number of likely N-dealkylation sites (tertiary alicyclic amines) is 1. The van der Waals surface area contributed by atoms with Gasteiger partial charge in [-0.1, -0.05) is 6.07 Å². The molecule has 6 rings (SSSR count). The molecule has 6 heteroatoms. The van der Waals surface area contributed by atoms with E-state index in [4.69, 9.17) is 0 Å². The monoisotopic (exact) mass is 416 g/mol. The molecule has 4 aliphatic rings. The number of piperidine rings is 1. The van der Waals surface area contributed by atoms with E-state index in [2.05, 4.69) is 44.9 Å². The van der Waals surface area contributed by atoms with Crippen molar-refractivity contribution < 1.29 is 9.59 Å². The molecular weight excluding hydrogens is 388 g/mol. The number of carbonyl (C=O) groups is 2. The van der Waals surface area contributed by atoms with Crippen LogP contribution in [0.15, 0.2) is 30.5 Å². The summed E-state index contributed by atoms with van der Waals surface area (Å²) < 4.78 is 0. The van der Waals surface area contributed by atoms with Crippen molar-refractivity contribution in [1.82, 2.24) is 15.2 Å². The maximum absolute atomic E-state index is 12.6. The Labute approximate surface area is 182 Å². The van der Waals surface area contributed by atoms with Crippen molar-refractivity contribution >= 4 is 29.2 Å². The molecule has 2 amide bonds. The number of carbonyl (C=O) groups excluding carboxylic acids is 2. The molecule has 0 bridgehead atoms. The number of nitrogens with zero attached hydrogens (tertiary/aromatic N) is 1. The second kappa shape index (κ2) is 7.38. The van der Waals surface area contributed by atoms with Crippen molar-refractivity contribution in [3.05, 3.63) is 52.8 Å². The van der Waals surface area contributed by atoms with Crippen LogP contribution in [0.25, 0.3) is 11.6 Å². The lowest BCUT2D eigenvalue weighted by atomic mass is 9.96. The van der Waals surface area contributed by atoms with E-state index >= 15 is 0 Å². The zero-order valence-corrected chi connectivity index (χ0v) is 17.6. The van der Waals surface area contributed by atoms with Gasteiger partial charge >= 0.3 is 0 Å². The number of H-pyrrole nitrogens is 1. The Kier molecular flexibility index (Phi) is 4.49. The first-order valence-corrected chi connectivity index (χ1v) is 11.5. The number of amides is 2. The minimum Gasteiger partial charge on any atom is -0.361 e. The average molecular weight is 417 g/mol. The molecule has 2 aromatic rings. The summed E-state index contributed by atoms with van der Waals surface area (Å²) >= 11 is 0. The summed E-state index contributed by atoms with van der Waals surface area (Å²) in [6.07, 6.45) is 8.06. The van der Waals surface area contributed by atoms with Gasteiger partial charge in [0.15, 0.2) is 0 Å². The van der Waals surface area contributed by atoms with E-state index in [0.29, 0.717) is 5.57 Å². The molecule has 1 unspecified atom stereocenters. The zero-order valence-electron chi connectivity index (χ0n) is 17.6. The number of aromatic nitrogens is 1. The lowest BCUT2D eigenvalue weighted by Gasteiger charge is -2.15. The van der Waals surface area contributed by atoms with Gasteiger partial charge in [0.05, 0.1) is 5.57 Å². The van der Waals surface area contributed by atoms with Crippen molar-refractivity contribution in [2.45, 2.75) is 32.2 Å². The van der Waals surface area contributed by atoms with Crippen molar-refractivity contribution in [1.29, 1.82) is 0 Å². The van der Waals surface area contributed by atoms with E-state index in [9.17, 15) is 9.59 Å². The summed E-state index contributed by atoms with van der Waals surface area (Å²) in [6, 6.07) is 8.30. The Balaban J connectivity index is 1.17. The number of anilines is 1. The second-order valence-electron chi connectivity index (χ2n) is 9.62. The Morgan fingerprint density at radius 3 is 2.77 bits per heavy atom. The van der Waals surface area contributed by atoms with Crippen molar-refractivity contribution in [2.75, 3.05) is 25.0 Å². The molecular formula is C25H28N4O2. The molecule has 1 aromatic carbocycles. The topological polar surface area (TPSA) is 77.2 Å². The molecule has 3 aliphatic heterocycles. The van der Waals surface area contributed by atoms with Gasteiger partial charge in [-0.05, 0) is 72.9 Å². The summed E-state index contributed by atoms with van der Waals surface area (Å²) in [7, 11) is 0. The standard InChI is InChI=1S/C25H28N4O2/c30-24-17(5-6-26-24)3-1-15-2-4-23-21(8-15)22(25(31)28-23)10-20-7-16(11-27-20)12-29-13-18-9-19(18)14-29/h2,4,7-8,10-11,17-19,27H,1,3,5-6,9,12-14H2,(H,26,30)(H,28,31)/t17?,18-,19+. The molecule has 31 heavy (non-hydrogen) atoms. The highest BCUT2D eigenvalue weighted by Gasteiger charge is 2.44. The van der Waals surface area contributed by atoms with Crippen LogP contribution in [0.5, 0.6) is 0 Å². The molecule has 6 nitrogen and oxygen atoms in total. The number of aryl methyl sites for hydroxylation is 1. The Hall–Kier alpha value is -2.86. The molecule has 3 N–H and O–H groups in total. The minimum atomic E-state index is -0.0573. The fourth-order valence-corrected chi connectivity index (χ4v) is 5.47. The van der Waals surface area contributed by atoms with Crippen LogP contribution in [0.1, 0.15) is 41.6 Å². The fourth-order valence-electron chi connectivity index (χ4n) is 5.47. The summed E-state index contributed by atoms with van der Waals surface area (Å²) in [5, 5.41) is 5.89. The van der Waals surface area contributed by atoms with Gasteiger partial charge in [-0.15, -0.1) is 0 Å². The molecule has 4 heterocycles. The molecule has 0 radical (unpaired) electrons. The number of nitrogens with one attached hydrogen (secondary N) is 3. The first-order valence-electron chi connectivity index (χ1n) is 11.5. The van der Waals surface area contributed by atoms with Crippen LogP contribution < -0.4 is 10.6 Å². The number of fused-ring (bicyclic) bond motifs is 2. The first kappa shape index (κ1) is 18.9. The quantitative estimate of drug-likeness (QED) is 0.634. The van der Waals surface area contributed by atoms with Crippen molar-refractivity contribution in [3.8, 4) is 0 Å². The summed E-state index contributed by atoms with van der Waals surface area (Å²) in [5.41, 5.74) is 5.92. The Morgan fingerprint density at radius 2 is 1.97 bits per heavy atom. The fraction of sp³-hybridized carbons (Fsp3) is 0.440. The molecule has 1 aromatic heterocycles. The van der Waals surface area contributed by atoms with Gasteiger partial charge < -0.3 is 15.6 Å². The van der Waals surface area contributed by atoms with Crippen molar-refractivity contribution in [2.24, 2.45) is 17.8 Å². The molecule has 1 aliphatic carbocycles. The largest absolute Gasteiger partial charge is 0.361 e. The van der Waals surface area contributed by atoms with Crippen LogP contribution in [-0.4, -0.2) is 41.3 Å². The maximum Gasteiger partial charge on any atom is 0.256 e. The third-order valence-electron chi connectivity index (χ3n) is 7.34. The van der Waals surface area contributed by atoms with E-state index in [0.717, 1.165) is 61.1 Å². The van der Waals surface area contributed by atoms with Crippen LogP contribution in [-0.2, 0) is 22.6 Å². The van der Waals surface area contributed by atoms with E-state index in [1.54, 1.807) is 0 Å². The van der Waals surface area contributed by atoms with Crippen LogP contribution in [0.3, 0.4) is 0 Å². The Morgan fingerprint density at radius 1 is 1.10 bits per heavy atom. The van der Waals surface area contributed by atoms with Crippen LogP contribution >= 0.6 is 0 Å². The molecule has 3 atom stereocenters. The maximum atomic E-state index is 12.6. The highest BCUT2D eigenvalue weighted by Crippen LogP contribution is 2.45. The number of hydrogen-bond donors (Lipinski definition) is 3. The third-order valence-corrected chi connectivity index (χ3v) is 7.34. The van der Waals surface area contributed by atoms with Gasteiger partial charge in [0.25, 0.3) is 5.91 Å². The third kappa shape index (κ3) is 3.69. The lowest BCUT2D eigenvalue weighted by Crippen LogP contribution is -2.21. The number of rotatable bonds is 6. The first-order chi connectivity index (χ1) is 15.1. The predicted molar refractivity (Wildman–Crippen MR) is 120 cm³/mol. The average Bonchev–Trinajstić information content (AvgIpc) is 3.17. The Bertz CT molecular complexity index is 1070. The van der Waals surface area contributed by atoms with Crippen LogP contribution in [0.2, 0.25) is 0 Å². The molecule has 0 spiro atoms. The number of benzene rings is 1. The zero-order chi connectivity index (χ0) is 20.9. The van der Waals surface area contributed by atoms with Crippen LogP contribution in [0.4, 0.5) is 5.69 Å². The highest BCUT2D eigenvalue weighted by atomic mass is 16.2. The van der Waals surface area contributed by atoms with Gasteiger partial charge in [0.1, 0.15) is 0 Å². The van der Waals surface area contributed by atoms with Gasteiger partial charge in [-0.2, -0.15) is 0 Å².